The van der Waals surface area contributed by atoms with Crippen molar-refractivity contribution in [3.8, 4) is 0 Å². The van der Waals surface area contributed by atoms with Gasteiger partial charge in [-0.2, -0.15) is 12.7 Å². The molecule has 2 N–H and O–H groups in total. The number of H-pyrrole nitrogens is 1. The molecule has 0 aromatic carbocycles. The molecule has 0 aliphatic heterocycles. The lowest BCUT2D eigenvalue weighted by atomic mass is 10.5. The van der Waals surface area contributed by atoms with Gasteiger partial charge >= 0.3 is 16.3 Å². The quantitative estimate of drug-likeness (QED) is 0.800. The highest BCUT2D eigenvalue weighted by Crippen LogP contribution is 2.01. The highest BCUT2D eigenvalue weighted by atomic mass is 32.2. The van der Waals surface area contributed by atoms with Crippen molar-refractivity contribution in [3.05, 3.63) is 18.2 Å². The molecule has 8 nitrogen and oxygen atoms in total. The van der Waals surface area contributed by atoms with Crippen LogP contribution in [0.2, 0.25) is 0 Å². The minimum atomic E-state index is -3.93. The van der Waals surface area contributed by atoms with Crippen LogP contribution in [0.25, 0.3) is 0 Å². The van der Waals surface area contributed by atoms with Crippen LogP contribution in [0.3, 0.4) is 0 Å². The monoisotopic (exact) mass is 276 g/mol. The molecule has 18 heavy (non-hydrogen) atoms. The van der Waals surface area contributed by atoms with Gasteiger partial charge in [0, 0.05) is 19.4 Å². The topological polar surface area (TPSA) is 104 Å². The Bertz CT molecular complexity index is 483. The van der Waals surface area contributed by atoms with Crippen LogP contribution in [0.15, 0.2) is 12.4 Å². The summed E-state index contributed by atoms with van der Waals surface area (Å²) < 4.78 is 30.9. The first kappa shape index (κ1) is 14.5. The van der Waals surface area contributed by atoms with E-state index >= 15 is 0 Å². The summed E-state index contributed by atoms with van der Waals surface area (Å²) in [5.74, 6) is 0.472. The largest absolute Gasteiger partial charge is 0.446 e. The third-order valence-corrected chi connectivity index (χ3v) is 3.27. The van der Waals surface area contributed by atoms with Gasteiger partial charge < -0.3 is 9.72 Å². The fraction of sp³-hybridized carbons (Fsp3) is 0.556. The summed E-state index contributed by atoms with van der Waals surface area (Å²) in [5.41, 5.74) is 0. The number of hydrogen-bond donors (Lipinski definition) is 2. The fourth-order valence-electron chi connectivity index (χ4n) is 1.10. The molecule has 1 heterocycles. The Hall–Kier alpha value is -1.61. The number of nitrogens with zero attached hydrogens (tertiary/aromatic N) is 2. The van der Waals surface area contributed by atoms with Crippen LogP contribution in [0.1, 0.15) is 19.7 Å². The summed E-state index contributed by atoms with van der Waals surface area (Å²) in [5, 5.41) is 0. The van der Waals surface area contributed by atoms with Gasteiger partial charge in [0.05, 0.1) is 12.6 Å². The molecule has 0 aliphatic carbocycles. The smallest absolute Gasteiger partial charge is 0.422 e. The Morgan fingerprint density at radius 2 is 2.28 bits per heavy atom. The molecule has 1 amide bonds. The minimum absolute atomic E-state index is 0.0251. The molecule has 1 aromatic heterocycles. The molecule has 0 bridgehead atoms. The molecule has 1 aromatic rings. The molecule has 0 saturated carbocycles. The van der Waals surface area contributed by atoms with Crippen LogP contribution in [-0.4, -0.2) is 41.9 Å². The Morgan fingerprint density at radius 3 is 2.78 bits per heavy atom. The Morgan fingerprint density at radius 1 is 1.61 bits per heavy atom. The Balaban J connectivity index is 2.60. The van der Waals surface area contributed by atoms with E-state index in [1.807, 2.05) is 0 Å². The predicted molar refractivity (Wildman–Crippen MR) is 63.7 cm³/mol. The molecule has 0 spiro atoms. The highest BCUT2D eigenvalue weighted by Gasteiger charge is 2.22. The summed E-state index contributed by atoms with van der Waals surface area (Å²) in [4.78, 5) is 17.9. The molecule has 0 radical (unpaired) electrons. The molecule has 0 saturated heterocycles. The van der Waals surface area contributed by atoms with Crippen molar-refractivity contribution in [1.82, 2.24) is 19.0 Å². The van der Waals surface area contributed by atoms with Gasteiger partial charge in [-0.1, -0.05) is 0 Å². The molecule has 9 heteroatoms. The molecule has 0 aliphatic rings. The van der Waals surface area contributed by atoms with E-state index in [4.69, 9.17) is 4.74 Å². The number of carbonyl (C=O) groups is 1. The van der Waals surface area contributed by atoms with Gasteiger partial charge in [-0.15, -0.1) is 0 Å². The second-order valence-corrected chi connectivity index (χ2v) is 5.63. The van der Waals surface area contributed by atoms with Crippen molar-refractivity contribution in [2.24, 2.45) is 0 Å². The third kappa shape index (κ3) is 4.34. The number of hydrogen-bond acceptors (Lipinski definition) is 5. The lowest BCUT2D eigenvalue weighted by Gasteiger charge is -2.17. The van der Waals surface area contributed by atoms with E-state index < -0.39 is 22.4 Å². The predicted octanol–water partition coefficient (Wildman–Crippen LogP) is 0.221. The van der Waals surface area contributed by atoms with Crippen molar-refractivity contribution >= 4 is 16.3 Å². The maximum Gasteiger partial charge on any atom is 0.422 e. The van der Waals surface area contributed by atoms with Gasteiger partial charge in [0.1, 0.15) is 5.82 Å². The van der Waals surface area contributed by atoms with Gasteiger partial charge in [0.25, 0.3) is 0 Å². The van der Waals surface area contributed by atoms with E-state index in [2.05, 4.69) is 9.97 Å². The van der Waals surface area contributed by atoms with Crippen LogP contribution in [0, 0.1) is 0 Å². The first-order valence-electron chi connectivity index (χ1n) is 5.24. The average Bonchev–Trinajstić information content (AvgIpc) is 2.67. The number of imidazole rings is 1. The van der Waals surface area contributed by atoms with Crippen LogP contribution in [0.4, 0.5) is 4.79 Å². The molecule has 0 fully saturated rings. The van der Waals surface area contributed by atoms with Crippen molar-refractivity contribution in [2.45, 2.75) is 26.5 Å². The Labute approximate surface area is 106 Å². The summed E-state index contributed by atoms with van der Waals surface area (Å²) in [6.45, 7) is 3.27. The maximum absolute atomic E-state index is 11.7. The zero-order valence-electron chi connectivity index (χ0n) is 10.4. The number of amides is 1. The van der Waals surface area contributed by atoms with Crippen LogP contribution < -0.4 is 4.72 Å². The van der Waals surface area contributed by atoms with Gasteiger partial charge in [0.15, 0.2) is 0 Å². The van der Waals surface area contributed by atoms with Gasteiger partial charge in [-0.05, 0) is 13.8 Å². The maximum atomic E-state index is 11.7. The minimum Gasteiger partial charge on any atom is -0.446 e. The SMILES string of the molecule is CC(C)OC(=O)NS(=O)(=O)N(C)Cc1ncc[nH]1. The van der Waals surface area contributed by atoms with Crippen LogP contribution in [-0.2, 0) is 21.5 Å². The van der Waals surface area contributed by atoms with E-state index in [-0.39, 0.29) is 6.54 Å². The summed E-state index contributed by atoms with van der Waals surface area (Å²) >= 11 is 0. The average molecular weight is 276 g/mol. The van der Waals surface area contributed by atoms with E-state index in [0.717, 1.165) is 4.31 Å². The number of nitrogens with one attached hydrogen (secondary N) is 2. The zero-order chi connectivity index (χ0) is 13.8. The molecule has 0 unspecified atom stereocenters. The summed E-state index contributed by atoms with van der Waals surface area (Å²) in [7, 11) is -2.61. The van der Waals surface area contributed by atoms with Crippen molar-refractivity contribution in [1.29, 1.82) is 0 Å². The zero-order valence-corrected chi connectivity index (χ0v) is 11.2. The molecular weight excluding hydrogens is 260 g/mol. The summed E-state index contributed by atoms with van der Waals surface area (Å²) in [6, 6.07) is 0. The lowest BCUT2D eigenvalue weighted by Crippen LogP contribution is -2.42. The Kier molecular flexibility index (Phi) is 4.68. The van der Waals surface area contributed by atoms with Crippen molar-refractivity contribution < 1.29 is 17.9 Å². The van der Waals surface area contributed by atoms with Crippen molar-refractivity contribution in [2.75, 3.05) is 7.05 Å². The first-order valence-corrected chi connectivity index (χ1v) is 6.68. The number of rotatable bonds is 5. The van der Waals surface area contributed by atoms with E-state index in [0.29, 0.717) is 5.82 Å². The van der Waals surface area contributed by atoms with E-state index in [1.54, 1.807) is 24.8 Å². The van der Waals surface area contributed by atoms with Gasteiger partial charge in [-0.25, -0.2) is 14.5 Å². The number of aromatic nitrogens is 2. The highest BCUT2D eigenvalue weighted by molar-refractivity contribution is 7.87. The number of aromatic amines is 1. The van der Waals surface area contributed by atoms with Crippen LogP contribution >= 0.6 is 0 Å². The second-order valence-electron chi connectivity index (χ2n) is 3.85. The van der Waals surface area contributed by atoms with E-state index in [9.17, 15) is 13.2 Å². The molecular formula is C9H16N4O4S. The van der Waals surface area contributed by atoms with E-state index in [1.165, 1.54) is 13.2 Å². The standard InChI is InChI=1S/C9H16N4O4S/c1-7(2)17-9(14)12-18(15,16)13(3)6-8-10-4-5-11-8/h4-5,7H,6H2,1-3H3,(H,10,11)(H,12,14). The lowest BCUT2D eigenvalue weighted by molar-refractivity contribution is 0.121. The van der Waals surface area contributed by atoms with Crippen molar-refractivity contribution in [3.63, 3.8) is 0 Å². The second kappa shape index (κ2) is 5.83. The first-order chi connectivity index (χ1) is 8.31. The molecule has 1 rings (SSSR count). The normalized spacial score (nSPS) is 11.8. The summed E-state index contributed by atoms with van der Waals surface area (Å²) in [6.07, 6.45) is 1.69. The third-order valence-electron chi connectivity index (χ3n) is 1.89. The van der Waals surface area contributed by atoms with Crippen LogP contribution in [0.5, 0.6) is 0 Å². The fourth-order valence-corrected chi connectivity index (χ4v) is 1.81. The number of ether oxygens (including phenoxy) is 1. The number of carbonyl (C=O) groups excluding carboxylic acids is 1. The molecule has 102 valence electrons. The molecule has 0 atom stereocenters. The van der Waals surface area contributed by atoms with Gasteiger partial charge in [-0.3, -0.25) is 0 Å². The van der Waals surface area contributed by atoms with Gasteiger partial charge in [0.2, 0.25) is 0 Å².